The molecule has 2 amide bonds. The highest BCUT2D eigenvalue weighted by Gasteiger charge is 2.44. The first-order valence-electron chi connectivity index (χ1n) is 7.79. The van der Waals surface area contributed by atoms with E-state index in [1.807, 2.05) is 0 Å². The predicted octanol–water partition coefficient (Wildman–Crippen LogP) is -0.313. The van der Waals surface area contributed by atoms with Crippen molar-refractivity contribution in [3.05, 3.63) is 16.7 Å². The molecule has 0 saturated carbocycles. The molecule has 2 rings (SSSR count). The fourth-order valence-corrected chi connectivity index (χ4v) is 4.08. The first-order chi connectivity index (χ1) is 13.5. The van der Waals surface area contributed by atoms with E-state index in [2.05, 4.69) is 20.0 Å². The Kier molecular flexibility index (Phi) is 6.71. The van der Waals surface area contributed by atoms with Crippen LogP contribution in [0.5, 0.6) is 11.8 Å². The molecule has 0 saturated heterocycles. The third-order valence-corrected chi connectivity index (χ3v) is 5.72. The van der Waals surface area contributed by atoms with Crippen molar-refractivity contribution in [2.24, 2.45) is 0 Å². The molecule has 0 spiro atoms. The zero-order valence-corrected chi connectivity index (χ0v) is 17.7. The number of hydrogen-bond acceptors (Lipinski definition) is 11. The van der Waals surface area contributed by atoms with Gasteiger partial charge in [0.25, 0.3) is 10.0 Å². The monoisotopic (exact) mass is 450 g/mol. The van der Waals surface area contributed by atoms with Gasteiger partial charge in [0.1, 0.15) is 11.1 Å². The Labute approximate surface area is 171 Å². The van der Waals surface area contributed by atoms with Crippen molar-refractivity contribution in [1.29, 1.82) is 0 Å². The summed E-state index contributed by atoms with van der Waals surface area (Å²) in [5.41, 5.74) is -1.47. The molecule has 2 heterocycles. The van der Waals surface area contributed by atoms with Gasteiger partial charge in [0, 0.05) is 14.1 Å². The van der Waals surface area contributed by atoms with Gasteiger partial charge in [-0.1, -0.05) is 11.6 Å². The predicted molar refractivity (Wildman–Crippen MR) is 100 cm³/mol. The molecule has 1 aromatic heterocycles. The Bertz CT molecular complexity index is 932. The van der Waals surface area contributed by atoms with Crippen LogP contribution in [-0.4, -0.2) is 81.3 Å². The lowest BCUT2D eigenvalue weighted by molar-refractivity contribution is -0.136. The molecule has 15 heteroatoms. The average Bonchev–Trinajstić information content (AvgIpc) is 2.91. The van der Waals surface area contributed by atoms with E-state index in [1.54, 1.807) is 4.72 Å². The zero-order valence-electron chi connectivity index (χ0n) is 16.1. The van der Waals surface area contributed by atoms with Gasteiger partial charge < -0.3 is 14.2 Å². The molecule has 1 unspecified atom stereocenters. The van der Waals surface area contributed by atoms with Gasteiger partial charge >= 0.3 is 12.0 Å². The van der Waals surface area contributed by atoms with E-state index in [9.17, 15) is 18.0 Å². The van der Waals surface area contributed by atoms with Crippen LogP contribution in [0.4, 0.5) is 10.7 Å². The fraction of sp³-hybridized carbons (Fsp3) is 0.429. The number of hydrazine groups is 1. The standard InChI is InChI=1S/C14H19ClN6O7S/c1-20-10(15)9(12(22)28-5)11(21(20)2)29(24,25)19-14(23)18-13-16-7(26-3)6-8(17-13)27-4/h6,10H,1-5H3,(H2,16,17,18,19,23). The Morgan fingerprint density at radius 2 is 1.69 bits per heavy atom. The SMILES string of the molecule is COC(=O)C1=C(S(=O)(=O)NC(=O)Nc2nc(OC)cc(OC)n2)N(C)N(C)C1Cl. The summed E-state index contributed by atoms with van der Waals surface area (Å²) in [6.07, 6.45) is 0. The number of likely N-dealkylation sites (N-methyl/N-ethyl adjacent to an activating group) is 1. The summed E-state index contributed by atoms with van der Waals surface area (Å²) in [7, 11) is 2.04. The van der Waals surface area contributed by atoms with Crippen molar-refractivity contribution >= 4 is 39.6 Å². The zero-order chi connectivity index (χ0) is 21.9. The molecule has 13 nitrogen and oxygen atoms in total. The van der Waals surface area contributed by atoms with E-state index in [0.717, 1.165) is 12.1 Å². The van der Waals surface area contributed by atoms with Gasteiger partial charge in [-0.25, -0.2) is 19.3 Å². The lowest BCUT2D eigenvalue weighted by Gasteiger charge is -2.25. The molecule has 1 atom stereocenters. The number of methoxy groups -OCH3 is 3. The molecule has 0 radical (unpaired) electrons. The van der Waals surface area contributed by atoms with Gasteiger partial charge in [-0.15, -0.1) is 0 Å². The highest BCUT2D eigenvalue weighted by atomic mass is 35.5. The summed E-state index contributed by atoms with van der Waals surface area (Å²) in [5, 5.41) is 3.99. The number of nitrogens with one attached hydrogen (secondary N) is 2. The number of halogens is 1. The molecule has 1 aromatic rings. The topological polar surface area (TPSA) is 152 Å². The molecule has 2 N–H and O–H groups in total. The second kappa shape index (κ2) is 8.67. The normalized spacial score (nSPS) is 17.2. The number of amides is 2. The van der Waals surface area contributed by atoms with Gasteiger partial charge in [-0.2, -0.15) is 18.4 Å². The molecule has 1 aliphatic heterocycles. The number of hydrogen-bond donors (Lipinski definition) is 2. The van der Waals surface area contributed by atoms with Gasteiger partial charge in [0.2, 0.25) is 17.7 Å². The Morgan fingerprint density at radius 1 is 1.14 bits per heavy atom. The van der Waals surface area contributed by atoms with Crippen LogP contribution in [-0.2, 0) is 19.6 Å². The highest BCUT2D eigenvalue weighted by Crippen LogP contribution is 2.32. The van der Waals surface area contributed by atoms with Crippen molar-refractivity contribution in [3.8, 4) is 11.8 Å². The summed E-state index contributed by atoms with van der Waals surface area (Å²) >= 11 is 6.12. The third-order valence-electron chi connectivity index (χ3n) is 3.77. The van der Waals surface area contributed by atoms with Crippen LogP contribution < -0.4 is 19.5 Å². The first kappa shape index (κ1) is 22.4. The number of sulfonamides is 1. The first-order valence-corrected chi connectivity index (χ1v) is 9.71. The van der Waals surface area contributed by atoms with Gasteiger partial charge in [-0.05, 0) is 0 Å². The number of aromatic nitrogens is 2. The van der Waals surface area contributed by atoms with Gasteiger partial charge in [-0.3, -0.25) is 10.3 Å². The lowest BCUT2D eigenvalue weighted by Crippen LogP contribution is -2.41. The van der Waals surface area contributed by atoms with Crippen LogP contribution >= 0.6 is 11.6 Å². The fourth-order valence-electron chi connectivity index (χ4n) is 2.34. The summed E-state index contributed by atoms with van der Waals surface area (Å²) < 4.78 is 41.8. The van der Waals surface area contributed by atoms with E-state index in [-0.39, 0.29) is 23.3 Å². The van der Waals surface area contributed by atoms with Crippen molar-refractivity contribution in [1.82, 2.24) is 24.7 Å². The summed E-state index contributed by atoms with van der Waals surface area (Å²) in [5.74, 6) is -1.08. The van der Waals surface area contributed by atoms with Crippen molar-refractivity contribution in [2.75, 3.05) is 40.7 Å². The van der Waals surface area contributed by atoms with E-state index in [4.69, 9.17) is 21.1 Å². The summed E-state index contributed by atoms with van der Waals surface area (Å²) in [6, 6.07) is 0.170. The van der Waals surface area contributed by atoms with E-state index < -0.39 is 32.6 Å². The highest BCUT2D eigenvalue weighted by molar-refractivity contribution is 7.93. The second-order valence-corrected chi connectivity index (χ2v) is 7.49. The molecule has 0 bridgehead atoms. The van der Waals surface area contributed by atoms with Crippen LogP contribution in [0.3, 0.4) is 0 Å². The molecular weight excluding hydrogens is 432 g/mol. The number of urea groups is 1. The maximum absolute atomic E-state index is 12.8. The van der Waals surface area contributed by atoms with Crippen LogP contribution in [0.1, 0.15) is 0 Å². The molecule has 0 aliphatic carbocycles. The maximum atomic E-state index is 12.8. The van der Waals surface area contributed by atoms with Crippen LogP contribution in [0, 0.1) is 0 Å². The van der Waals surface area contributed by atoms with Crippen molar-refractivity contribution in [3.63, 3.8) is 0 Å². The molecule has 29 heavy (non-hydrogen) atoms. The number of alkyl halides is 1. The Hall–Kier alpha value is -2.84. The largest absolute Gasteiger partial charge is 0.481 e. The summed E-state index contributed by atoms with van der Waals surface area (Å²) in [6.45, 7) is 0. The van der Waals surface area contributed by atoms with Crippen LogP contribution in [0.2, 0.25) is 0 Å². The molecule has 0 aromatic carbocycles. The number of carbonyl (C=O) groups excluding carboxylic acids is 2. The maximum Gasteiger partial charge on any atom is 0.339 e. The smallest absolute Gasteiger partial charge is 0.339 e. The minimum Gasteiger partial charge on any atom is -0.481 e. The minimum absolute atomic E-state index is 0.0767. The van der Waals surface area contributed by atoms with Crippen molar-refractivity contribution in [2.45, 2.75) is 5.50 Å². The van der Waals surface area contributed by atoms with Crippen LogP contribution in [0.25, 0.3) is 0 Å². The van der Waals surface area contributed by atoms with Gasteiger partial charge in [0.05, 0.1) is 27.4 Å². The summed E-state index contributed by atoms with van der Waals surface area (Å²) in [4.78, 5) is 32.0. The van der Waals surface area contributed by atoms with E-state index in [0.29, 0.717) is 0 Å². The number of rotatable bonds is 6. The third kappa shape index (κ3) is 4.60. The Balaban J connectivity index is 2.31. The van der Waals surface area contributed by atoms with E-state index in [1.165, 1.54) is 39.4 Å². The van der Waals surface area contributed by atoms with Crippen molar-refractivity contribution < 1.29 is 32.2 Å². The molecule has 1 aliphatic rings. The Morgan fingerprint density at radius 3 is 2.17 bits per heavy atom. The molecular formula is C14H19ClN6O7S. The quantitative estimate of drug-likeness (QED) is 0.333. The second-order valence-electron chi connectivity index (χ2n) is 5.48. The molecule has 160 valence electrons. The number of carbonyl (C=O) groups is 2. The van der Waals surface area contributed by atoms with E-state index >= 15 is 0 Å². The number of nitrogens with zero attached hydrogens (tertiary/aromatic N) is 4. The number of esters is 1. The number of anilines is 1. The van der Waals surface area contributed by atoms with Gasteiger partial charge in [0.15, 0.2) is 5.03 Å². The lowest BCUT2D eigenvalue weighted by atomic mass is 10.3. The van der Waals surface area contributed by atoms with Crippen LogP contribution in [0.15, 0.2) is 16.7 Å². The number of ether oxygens (including phenoxy) is 3. The minimum atomic E-state index is -4.53. The molecule has 0 fully saturated rings. The average molecular weight is 451 g/mol.